The second kappa shape index (κ2) is 21.9. The first-order chi connectivity index (χ1) is 29.9. The van der Waals surface area contributed by atoms with E-state index in [2.05, 4.69) is 59.5 Å². The van der Waals surface area contributed by atoms with Gasteiger partial charge in [0.05, 0.1) is 36.9 Å². The van der Waals surface area contributed by atoms with Gasteiger partial charge in [0.25, 0.3) is 0 Å². The fourth-order valence-corrected chi connectivity index (χ4v) is 12.9. The van der Waals surface area contributed by atoms with Crippen LogP contribution in [-0.4, -0.2) is 67.1 Å². The summed E-state index contributed by atoms with van der Waals surface area (Å²) in [6.45, 7) is 20.3. The molecule has 6 aliphatic rings. The molecule has 3 aromatic rings. The third-order valence-corrected chi connectivity index (χ3v) is 16.5. The quantitative estimate of drug-likeness (QED) is 0.170. The maximum Gasteiger partial charge on any atom is 0.319 e. The van der Waals surface area contributed by atoms with Crippen LogP contribution in [0.1, 0.15) is 176 Å². The molecule has 3 heterocycles. The number of hydrogen-bond acceptors (Lipinski definition) is 12. The van der Waals surface area contributed by atoms with Crippen molar-refractivity contribution < 1.29 is 28.6 Å². The Bertz CT molecular complexity index is 2260. The fourth-order valence-electron chi connectivity index (χ4n) is 12.3. The number of ether oxygens (including phenoxy) is 3. The average molecular weight is 975 g/mol. The predicted molar refractivity (Wildman–Crippen MR) is 263 cm³/mol. The molecule has 6 aliphatic carbocycles. The monoisotopic (exact) mass is 972 g/mol. The van der Waals surface area contributed by atoms with Crippen molar-refractivity contribution in [1.29, 1.82) is 0 Å². The number of carbonyl (C=O) groups excluding carboxylic acids is 3. The molecular formula is C51H75Cl3N6O6. The van der Waals surface area contributed by atoms with E-state index in [1.165, 1.54) is 0 Å². The van der Waals surface area contributed by atoms with Gasteiger partial charge in [-0.1, -0.05) is 75.4 Å². The largest absolute Gasteiger partial charge is 0.478 e. The summed E-state index contributed by atoms with van der Waals surface area (Å²) in [4.78, 5) is 62.6. The smallest absolute Gasteiger partial charge is 0.319 e. The maximum absolute atomic E-state index is 12.2. The lowest BCUT2D eigenvalue weighted by atomic mass is 9.56. The average Bonchev–Trinajstić information content (AvgIpc) is 3.24. The Kier molecular flexibility index (Phi) is 18.3. The molecule has 366 valence electrons. The Morgan fingerprint density at radius 2 is 0.833 bits per heavy atom. The highest BCUT2D eigenvalue weighted by atomic mass is 35.5. The number of aromatic nitrogens is 6. The van der Waals surface area contributed by atoms with Crippen LogP contribution in [0.5, 0.6) is 17.8 Å². The molecule has 15 heteroatoms. The van der Waals surface area contributed by atoms with Crippen LogP contribution in [0.25, 0.3) is 0 Å². The summed E-state index contributed by atoms with van der Waals surface area (Å²) >= 11 is 18.3. The van der Waals surface area contributed by atoms with Gasteiger partial charge in [-0.2, -0.15) is 15.0 Å². The first-order valence-electron chi connectivity index (χ1n) is 23.1. The van der Waals surface area contributed by atoms with Crippen LogP contribution >= 0.6 is 34.8 Å². The summed E-state index contributed by atoms with van der Waals surface area (Å²) < 4.78 is 17.0. The van der Waals surface area contributed by atoms with Crippen molar-refractivity contribution in [1.82, 2.24) is 29.9 Å². The number of carbonyl (C=O) groups is 3. The normalized spacial score (nSPS) is 30.1. The molecule has 0 radical (unpaired) electrons. The zero-order valence-electron chi connectivity index (χ0n) is 38.3. The fraction of sp³-hybridized carbons (Fsp3) is 0.706. The van der Waals surface area contributed by atoms with E-state index in [1.54, 1.807) is 0 Å². The molecule has 0 N–H and O–H groups in total. The van der Waals surface area contributed by atoms with Gasteiger partial charge in [0.1, 0.15) is 22.5 Å². The number of fused-ring (bicyclic) bond motifs is 9. The number of halogens is 3. The predicted octanol–water partition coefficient (Wildman–Crippen LogP) is 12.0. The second-order valence-corrected chi connectivity index (χ2v) is 20.2. The highest BCUT2D eigenvalue weighted by Crippen LogP contribution is 2.54. The minimum Gasteiger partial charge on any atom is -0.478 e. The van der Waals surface area contributed by atoms with Crippen LogP contribution in [0, 0.1) is 35.5 Å². The first kappa shape index (κ1) is 55.1. The topological polar surface area (TPSA) is 156 Å². The molecule has 0 aromatic carbocycles. The lowest BCUT2D eigenvalue weighted by Crippen LogP contribution is -2.47. The van der Waals surface area contributed by atoms with Crippen LogP contribution in [0.3, 0.4) is 0 Å². The third kappa shape index (κ3) is 9.99. The summed E-state index contributed by atoms with van der Waals surface area (Å²) in [6, 6.07) is 0.390. The standard InChI is InChI=1S/C18H26N2O3.C16H21ClN2O2.C14H16Cl2N2O.3CH4/c1-5-22-16-12-7-8-13-11(3)14(21)9-10-18(13,4)15(12)19-17(20-16)23-6-2;1-4-21-14-10-5-6-11-9(2)12(20)7-8-16(11,3)13(10)18-15(17)19-14;1-7-9-4-3-8-11(17-13(16)18-12(8)15)14(9,2)6-5-10(7)19;;;/h11,13H,5-10H2,1-4H3;9,11H,4-8H2,1-3H3;7,9H,3-6H2,1-2H3;3*1H4/t11-,13-,18-;9-,11-,16-;7-,9-,14-;;;/m000.../s1. The summed E-state index contributed by atoms with van der Waals surface area (Å²) in [6.07, 6.45) is 9.91. The molecule has 0 bridgehead atoms. The minimum absolute atomic E-state index is 0. The summed E-state index contributed by atoms with van der Waals surface area (Å²) in [5, 5.41) is 0.915. The molecule has 0 spiro atoms. The molecule has 3 aromatic heterocycles. The molecule has 0 aliphatic heterocycles. The van der Waals surface area contributed by atoms with E-state index in [0.29, 0.717) is 97.1 Å². The van der Waals surface area contributed by atoms with Gasteiger partial charge in [-0.15, -0.1) is 0 Å². The molecule has 0 saturated heterocycles. The van der Waals surface area contributed by atoms with Gasteiger partial charge in [0.15, 0.2) is 0 Å². The van der Waals surface area contributed by atoms with Gasteiger partial charge < -0.3 is 14.2 Å². The van der Waals surface area contributed by atoms with Crippen molar-refractivity contribution in [2.24, 2.45) is 35.5 Å². The molecule has 3 fully saturated rings. The maximum atomic E-state index is 12.2. The van der Waals surface area contributed by atoms with E-state index >= 15 is 0 Å². The number of rotatable bonds is 6. The highest BCUT2D eigenvalue weighted by molar-refractivity contribution is 6.32. The van der Waals surface area contributed by atoms with Crippen molar-refractivity contribution in [3.63, 3.8) is 0 Å². The van der Waals surface area contributed by atoms with Gasteiger partial charge in [-0.25, -0.2) is 15.0 Å². The summed E-state index contributed by atoms with van der Waals surface area (Å²) in [7, 11) is 0. The number of Topliss-reactive ketones (excluding diaryl/α,β-unsaturated/α-hetero) is 3. The van der Waals surface area contributed by atoms with E-state index < -0.39 is 0 Å². The van der Waals surface area contributed by atoms with Crippen LogP contribution in [0.15, 0.2) is 0 Å². The van der Waals surface area contributed by atoms with Gasteiger partial charge >= 0.3 is 6.01 Å². The Balaban J connectivity index is 0.000000212. The van der Waals surface area contributed by atoms with Crippen molar-refractivity contribution in [2.75, 3.05) is 19.8 Å². The zero-order valence-corrected chi connectivity index (χ0v) is 40.6. The summed E-state index contributed by atoms with van der Waals surface area (Å²) in [5.41, 5.74) is 5.92. The molecule has 9 atom stereocenters. The van der Waals surface area contributed by atoms with Crippen LogP contribution in [0.2, 0.25) is 15.7 Å². The van der Waals surface area contributed by atoms with Gasteiger partial charge in [0.2, 0.25) is 22.3 Å². The lowest BCUT2D eigenvalue weighted by Gasteiger charge is -2.47. The van der Waals surface area contributed by atoms with Crippen molar-refractivity contribution in [2.45, 2.75) is 178 Å². The van der Waals surface area contributed by atoms with E-state index in [0.717, 1.165) is 91.6 Å². The van der Waals surface area contributed by atoms with Gasteiger partial charge in [-0.3, -0.25) is 14.4 Å². The minimum atomic E-state index is -0.100. The molecule has 12 nitrogen and oxygen atoms in total. The van der Waals surface area contributed by atoms with E-state index in [9.17, 15) is 14.4 Å². The Morgan fingerprint density at radius 3 is 1.24 bits per heavy atom. The molecular weight excluding hydrogens is 899 g/mol. The number of hydrogen-bond donors (Lipinski definition) is 0. The number of nitrogens with zero attached hydrogens (tertiary/aromatic N) is 6. The first-order valence-corrected chi connectivity index (χ1v) is 24.2. The van der Waals surface area contributed by atoms with Crippen molar-refractivity contribution in [3.05, 3.63) is 49.5 Å². The van der Waals surface area contributed by atoms with Gasteiger partial charge in [0, 0.05) is 70.0 Å². The van der Waals surface area contributed by atoms with E-state index in [-0.39, 0.29) is 66.8 Å². The number of ketones is 3. The molecule has 9 rings (SSSR count). The van der Waals surface area contributed by atoms with Crippen molar-refractivity contribution >= 4 is 52.2 Å². The van der Waals surface area contributed by atoms with E-state index in [1.807, 2.05) is 27.7 Å². The van der Waals surface area contributed by atoms with Crippen molar-refractivity contribution in [3.8, 4) is 17.8 Å². The zero-order chi connectivity index (χ0) is 45.6. The Morgan fingerprint density at radius 1 is 0.485 bits per heavy atom. The second-order valence-electron chi connectivity index (χ2n) is 19.1. The molecule has 3 saturated carbocycles. The highest BCUT2D eigenvalue weighted by Gasteiger charge is 2.52. The van der Waals surface area contributed by atoms with Crippen LogP contribution in [0.4, 0.5) is 0 Å². The molecule has 0 unspecified atom stereocenters. The van der Waals surface area contributed by atoms with Crippen LogP contribution in [-0.2, 0) is 49.9 Å². The van der Waals surface area contributed by atoms with E-state index in [4.69, 9.17) is 54.0 Å². The summed E-state index contributed by atoms with van der Waals surface area (Å²) in [5.74, 6) is 3.74. The molecule has 66 heavy (non-hydrogen) atoms. The lowest BCUT2D eigenvalue weighted by molar-refractivity contribution is -0.129. The SMILES string of the molecule is C.C.C.CCOc1nc(Cl)nc2c1CC[C@H]1[C@H](C)C(=O)CC[C@]21C.CCOc1nc(OCC)c2c(n1)[C@@]1(C)CCC(=O)[C@@H](C)[C@@H]1CC2.C[C@@H]1C(=O)CC[C@]2(C)c3nc(Cl)nc(Cl)c3CC[C@@H]12. The molecule has 0 amide bonds. The third-order valence-electron chi connectivity index (χ3n) is 15.9. The Hall–Kier alpha value is -3.48. The van der Waals surface area contributed by atoms with Gasteiger partial charge in [-0.05, 0) is 120 Å². The Labute approximate surface area is 409 Å². The van der Waals surface area contributed by atoms with Crippen LogP contribution < -0.4 is 14.2 Å².